The van der Waals surface area contributed by atoms with E-state index in [1.54, 1.807) is 11.0 Å². The van der Waals surface area contributed by atoms with Gasteiger partial charge in [-0.3, -0.25) is 4.79 Å². The summed E-state index contributed by atoms with van der Waals surface area (Å²) in [5.41, 5.74) is 0.206. The van der Waals surface area contributed by atoms with E-state index in [1.807, 2.05) is 33.2 Å². The van der Waals surface area contributed by atoms with Gasteiger partial charge in [0.15, 0.2) is 0 Å². The van der Waals surface area contributed by atoms with E-state index in [9.17, 15) is 9.59 Å². The van der Waals surface area contributed by atoms with Crippen LogP contribution >= 0.6 is 0 Å². The van der Waals surface area contributed by atoms with E-state index < -0.39 is 5.69 Å². The third-order valence-electron chi connectivity index (χ3n) is 4.93. The van der Waals surface area contributed by atoms with Crippen LogP contribution in [-0.2, 0) is 12.0 Å². The summed E-state index contributed by atoms with van der Waals surface area (Å²) in [7, 11) is 0. The molecule has 1 atom stereocenters. The van der Waals surface area contributed by atoms with Gasteiger partial charge in [-0.05, 0) is 25.8 Å². The highest BCUT2D eigenvalue weighted by molar-refractivity contribution is 5.92. The van der Waals surface area contributed by atoms with Crippen molar-refractivity contribution in [3.63, 3.8) is 0 Å². The first-order valence-electron chi connectivity index (χ1n) is 9.21. The van der Waals surface area contributed by atoms with Gasteiger partial charge in [-0.1, -0.05) is 20.8 Å². The number of likely N-dealkylation sites (tertiary alicyclic amines) is 1. The number of nitrogens with one attached hydrogen (secondary N) is 1. The Balaban J connectivity index is 1.84. The number of hydrogen-bond acceptors (Lipinski definition) is 4. The Bertz CT molecular complexity index is 846. The highest BCUT2D eigenvalue weighted by Gasteiger charge is 2.29. The molecule has 0 unspecified atom stereocenters. The molecular weight excluding hydrogens is 330 g/mol. The molecule has 0 saturated carbocycles. The Hall–Kier alpha value is -2.44. The van der Waals surface area contributed by atoms with Crippen molar-refractivity contribution in [1.82, 2.24) is 24.4 Å². The zero-order valence-electron chi connectivity index (χ0n) is 16.0. The van der Waals surface area contributed by atoms with Gasteiger partial charge in [0, 0.05) is 49.1 Å². The number of aromatic nitrogens is 4. The van der Waals surface area contributed by atoms with E-state index in [0.717, 1.165) is 30.9 Å². The van der Waals surface area contributed by atoms with E-state index >= 15 is 0 Å². The molecule has 0 aromatic carbocycles. The Kier molecular flexibility index (Phi) is 4.98. The molecule has 140 valence electrons. The topological polar surface area (TPSA) is 83.9 Å². The molecule has 3 rings (SSSR count). The molecule has 3 heterocycles. The predicted octanol–water partition coefficient (Wildman–Crippen LogP) is 2.30. The molecule has 7 nitrogen and oxygen atoms in total. The van der Waals surface area contributed by atoms with Crippen molar-refractivity contribution in [2.75, 3.05) is 13.1 Å². The molecule has 26 heavy (non-hydrogen) atoms. The largest absolute Gasteiger partial charge is 0.345 e. The van der Waals surface area contributed by atoms with Gasteiger partial charge >= 0.3 is 5.69 Å². The molecule has 0 bridgehead atoms. The highest BCUT2D eigenvalue weighted by atomic mass is 16.2. The van der Waals surface area contributed by atoms with Gasteiger partial charge in [0.1, 0.15) is 11.5 Å². The number of hydrogen-bond donors (Lipinski definition) is 1. The first kappa shape index (κ1) is 18.4. The van der Waals surface area contributed by atoms with E-state index in [2.05, 4.69) is 26.4 Å². The van der Waals surface area contributed by atoms with E-state index in [0.29, 0.717) is 13.1 Å². The number of carbonyl (C=O) groups excluding carboxylic acids is 1. The van der Waals surface area contributed by atoms with Gasteiger partial charge in [0.25, 0.3) is 5.91 Å². The normalized spacial score (nSPS) is 18.2. The minimum absolute atomic E-state index is 0.180. The zero-order valence-corrected chi connectivity index (χ0v) is 16.0. The lowest BCUT2D eigenvalue weighted by molar-refractivity contribution is 0.0696. The lowest BCUT2D eigenvalue weighted by atomic mass is 9.91. The Labute approximate surface area is 153 Å². The number of nitrogens with zero attached hydrogens (tertiary/aromatic N) is 4. The number of amides is 1. The molecule has 0 aliphatic carbocycles. The maximum Gasteiger partial charge on any atom is 0.345 e. The number of aryl methyl sites for hydroxylation is 1. The van der Waals surface area contributed by atoms with Crippen molar-refractivity contribution in [3.8, 4) is 0 Å². The molecule has 1 aliphatic rings. The smallest absolute Gasteiger partial charge is 0.337 e. The fourth-order valence-electron chi connectivity index (χ4n) is 3.45. The van der Waals surface area contributed by atoms with E-state index in [1.165, 1.54) is 0 Å². The molecule has 1 aliphatic heterocycles. The van der Waals surface area contributed by atoms with Crippen LogP contribution in [0, 0.1) is 0 Å². The number of carbonyl (C=O) groups is 1. The van der Waals surface area contributed by atoms with Crippen molar-refractivity contribution >= 4 is 5.91 Å². The molecule has 7 heteroatoms. The summed E-state index contributed by atoms with van der Waals surface area (Å²) >= 11 is 0. The maximum atomic E-state index is 13.0. The predicted molar refractivity (Wildman–Crippen MR) is 99.3 cm³/mol. The van der Waals surface area contributed by atoms with E-state index in [4.69, 9.17) is 0 Å². The third-order valence-corrected chi connectivity index (χ3v) is 4.93. The molecule has 2 aromatic heterocycles. The second-order valence-corrected chi connectivity index (χ2v) is 7.90. The van der Waals surface area contributed by atoms with Gasteiger partial charge in [-0.25, -0.2) is 9.78 Å². The Morgan fingerprint density at radius 3 is 2.85 bits per heavy atom. The summed E-state index contributed by atoms with van der Waals surface area (Å²) < 4.78 is 2.13. The minimum atomic E-state index is -0.476. The van der Waals surface area contributed by atoms with Gasteiger partial charge in [-0.2, -0.15) is 4.98 Å². The van der Waals surface area contributed by atoms with Crippen LogP contribution in [0.2, 0.25) is 0 Å². The Morgan fingerprint density at radius 1 is 1.38 bits per heavy atom. The molecule has 0 radical (unpaired) electrons. The average Bonchev–Trinajstić information content (AvgIpc) is 3.08. The lowest BCUT2D eigenvalue weighted by Gasteiger charge is -2.32. The minimum Gasteiger partial charge on any atom is -0.337 e. The standard InChI is InChI=1S/C19H27N5O2/c1-5-23-10-8-20-16(23)13-7-6-9-24(12-13)17(25)14-11-15(19(2,3)4)22-18(26)21-14/h8,10-11,13H,5-7,9,12H2,1-4H3,(H,21,22,26)/t13-/m0/s1. The van der Waals surface area contributed by atoms with Crippen molar-refractivity contribution < 1.29 is 4.79 Å². The molecule has 1 fully saturated rings. The summed E-state index contributed by atoms with van der Waals surface area (Å²) in [6, 6.07) is 1.71. The van der Waals surface area contributed by atoms with Gasteiger partial charge in [0.05, 0.1) is 0 Å². The number of imidazole rings is 1. The zero-order chi connectivity index (χ0) is 18.9. The lowest BCUT2D eigenvalue weighted by Crippen LogP contribution is -2.41. The molecule has 1 amide bonds. The van der Waals surface area contributed by atoms with Gasteiger partial charge in [0.2, 0.25) is 0 Å². The summed E-state index contributed by atoms with van der Waals surface area (Å²) in [6.45, 7) is 10.2. The van der Waals surface area contributed by atoms with Crippen molar-refractivity contribution in [3.05, 3.63) is 46.2 Å². The molecule has 0 spiro atoms. The van der Waals surface area contributed by atoms with Crippen LogP contribution in [0.1, 0.15) is 68.5 Å². The van der Waals surface area contributed by atoms with Crippen LogP contribution in [0.25, 0.3) is 0 Å². The summed E-state index contributed by atoms with van der Waals surface area (Å²) in [4.78, 5) is 37.9. The summed E-state index contributed by atoms with van der Waals surface area (Å²) in [5, 5.41) is 0. The second kappa shape index (κ2) is 7.05. The van der Waals surface area contributed by atoms with Crippen molar-refractivity contribution in [1.29, 1.82) is 0 Å². The Morgan fingerprint density at radius 2 is 2.15 bits per heavy atom. The number of aromatic amines is 1. The van der Waals surface area contributed by atoms with Gasteiger partial charge < -0.3 is 14.5 Å². The highest BCUT2D eigenvalue weighted by Crippen LogP contribution is 2.27. The fourth-order valence-corrected chi connectivity index (χ4v) is 3.45. The average molecular weight is 357 g/mol. The first-order chi connectivity index (χ1) is 12.3. The van der Waals surface area contributed by atoms with Crippen LogP contribution < -0.4 is 5.69 Å². The maximum absolute atomic E-state index is 13.0. The van der Waals surface area contributed by atoms with Gasteiger partial charge in [-0.15, -0.1) is 0 Å². The quantitative estimate of drug-likeness (QED) is 0.913. The SMILES string of the molecule is CCn1ccnc1[C@H]1CCCN(C(=O)c2cc(C(C)(C)C)[nH]c(=O)n2)C1. The molecule has 2 aromatic rings. The number of H-pyrrole nitrogens is 1. The van der Waals surface area contributed by atoms with Crippen LogP contribution in [0.5, 0.6) is 0 Å². The fraction of sp³-hybridized carbons (Fsp3) is 0.579. The second-order valence-electron chi connectivity index (χ2n) is 7.90. The molecule has 1 saturated heterocycles. The molecule has 1 N–H and O–H groups in total. The first-order valence-corrected chi connectivity index (χ1v) is 9.21. The van der Waals surface area contributed by atoms with Crippen LogP contribution in [0.4, 0.5) is 0 Å². The van der Waals surface area contributed by atoms with Crippen LogP contribution in [-0.4, -0.2) is 43.4 Å². The third kappa shape index (κ3) is 3.71. The van der Waals surface area contributed by atoms with Crippen molar-refractivity contribution in [2.24, 2.45) is 0 Å². The molecular formula is C19H27N5O2. The van der Waals surface area contributed by atoms with Crippen LogP contribution in [0.3, 0.4) is 0 Å². The summed E-state index contributed by atoms with van der Waals surface area (Å²) in [5.74, 6) is 1.06. The number of rotatable bonds is 3. The summed E-state index contributed by atoms with van der Waals surface area (Å²) in [6.07, 6.45) is 5.72. The monoisotopic (exact) mass is 357 g/mol. The van der Waals surface area contributed by atoms with E-state index in [-0.39, 0.29) is 22.9 Å². The number of piperidine rings is 1. The van der Waals surface area contributed by atoms with Crippen molar-refractivity contribution in [2.45, 2.75) is 58.4 Å². The van der Waals surface area contributed by atoms with Crippen LogP contribution in [0.15, 0.2) is 23.3 Å².